The Bertz CT molecular complexity index is 1300. The van der Waals surface area contributed by atoms with Crippen LogP contribution >= 0.6 is 0 Å². The van der Waals surface area contributed by atoms with Gasteiger partial charge in [0.05, 0.1) is 0 Å². The molecule has 1 amide bonds. The van der Waals surface area contributed by atoms with Crippen LogP contribution in [0.4, 0.5) is 0 Å². The Balaban J connectivity index is 0.000000590. The second-order valence-electron chi connectivity index (χ2n) is 16.6. The highest BCUT2D eigenvalue weighted by molar-refractivity contribution is 5.83. The minimum atomic E-state index is -1.04. The first-order valence-electron chi connectivity index (χ1n) is 23.7. The van der Waals surface area contributed by atoms with Gasteiger partial charge in [-0.05, 0) is 61.2 Å². The molecule has 0 spiro atoms. The van der Waals surface area contributed by atoms with Crippen LogP contribution in [0.1, 0.15) is 205 Å². The number of hydrogen-bond donors (Lipinski definition) is 6. The zero-order valence-corrected chi connectivity index (χ0v) is 37.2. The van der Waals surface area contributed by atoms with Crippen molar-refractivity contribution >= 4 is 17.8 Å². The summed E-state index contributed by atoms with van der Waals surface area (Å²) in [7, 11) is 0. The van der Waals surface area contributed by atoms with Gasteiger partial charge in [-0.3, -0.25) is 9.59 Å². The first-order chi connectivity index (χ1) is 28.7. The molecule has 0 radical (unpaired) electrons. The molecule has 2 rings (SSSR count). The van der Waals surface area contributed by atoms with Gasteiger partial charge in [0.2, 0.25) is 5.91 Å². The van der Waals surface area contributed by atoms with Crippen LogP contribution in [0, 0.1) is 0 Å². The third kappa shape index (κ3) is 31.9. The molecule has 2 aromatic carbocycles. The number of carboxylic acid groups (broad SMARTS) is 2. The van der Waals surface area contributed by atoms with Gasteiger partial charge in [0.25, 0.3) is 0 Å². The van der Waals surface area contributed by atoms with Crippen LogP contribution in [0.2, 0.25) is 0 Å². The number of hydrogen-bond acceptors (Lipinski definition) is 6. The summed E-state index contributed by atoms with van der Waals surface area (Å²) in [5.74, 6) is -1.72. The number of carboxylic acids is 2. The quantitative estimate of drug-likeness (QED) is 0.0368. The summed E-state index contributed by atoms with van der Waals surface area (Å²) in [4.78, 5) is 35.0. The molecule has 0 saturated carbocycles. The molecule has 2 aromatic rings. The Hall–Kier alpha value is -3.59. The van der Waals surface area contributed by atoms with E-state index in [1.807, 2.05) is 0 Å². The lowest BCUT2D eigenvalue weighted by atomic mass is 10.0. The van der Waals surface area contributed by atoms with Crippen molar-refractivity contribution in [1.82, 2.24) is 10.6 Å². The Morgan fingerprint density at radius 3 is 1.08 bits per heavy atom. The number of phenolic OH excluding ortho intramolecular Hbond substituents is 2. The highest BCUT2D eigenvalue weighted by atomic mass is 16.4. The van der Waals surface area contributed by atoms with Crippen LogP contribution in [0.5, 0.6) is 11.5 Å². The molecule has 0 aliphatic heterocycles. The molecule has 0 unspecified atom stereocenters. The number of benzene rings is 2. The zero-order valence-electron chi connectivity index (χ0n) is 37.2. The number of nitrogens with one attached hydrogen (secondary N) is 2. The maximum absolute atomic E-state index is 12.1. The summed E-state index contributed by atoms with van der Waals surface area (Å²) >= 11 is 0. The van der Waals surface area contributed by atoms with Gasteiger partial charge in [0.15, 0.2) is 0 Å². The van der Waals surface area contributed by atoms with Crippen LogP contribution in [0.15, 0.2) is 48.5 Å². The van der Waals surface area contributed by atoms with Gasteiger partial charge in [0, 0.05) is 12.8 Å². The SMILES string of the molecule is CCCCCCCCCCCCCCCC(=O)N[C@@H](Cc1ccc(O)cc1)C(=O)O.CCCCCCCCCCCCCCCCN[C@@H](Cc1ccc(O)cc1)C(=O)O. The summed E-state index contributed by atoms with van der Waals surface area (Å²) in [6.45, 7) is 5.26. The molecule has 6 N–H and O–H groups in total. The highest BCUT2D eigenvalue weighted by Gasteiger charge is 2.20. The lowest BCUT2D eigenvalue weighted by molar-refractivity contribution is -0.141. The Morgan fingerprint density at radius 1 is 0.441 bits per heavy atom. The van der Waals surface area contributed by atoms with E-state index in [9.17, 15) is 34.8 Å². The van der Waals surface area contributed by atoms with Crippen LogP contribution in [0.3, 0.4) is 0 Å². The monoisotopic (exact) mass is 825 g/mol. The molecule has 0 bridgehead atoms. The van der Waals surface area contributed by atoms with Crippen molar-refractivity contribution in [1.29, 1.82) is 0 Å². The lowest BCUT2D eigenvalue weighted by Gasteiger charge is -2.14. The third-order valence-corrected chi connectivity index (χ3v) is 11.1. The van der Waals surface area contributed by atoms with Gasteiger partial charge in [-0.2, -0.15) is 0 Å². The number of amides is 1. The number of unbranched alkanes of at least 4 members (excludes halogenated alkanes) is 25. The normalized spacial score (nSPS) is 12.0. The van der Waals surface area contributed by atoms with Gasteiger partial charge in [0.1, 0.15) is 23.6 Å². The van der Waals surface area contributed by atoms with E-state index < -0.39 is 24.0 Å². The number of aromatic hydroxyl groups is 2. The summed E-state index contributed by atoms with van der Waals surface area (Å²) < 4.78 is 0. The van der Waals surface area contributed by atoms with Crippen LogP contribution < -0.4 is 10.6 Å². The van der Waals surface area contributed by atoms with Crippen molar-refractivity contribution in [2.24, 2.45) is 0 Å². The molecule has 0 aromatic heterocycles. The minimum absolute atomic E-state index is 0.136. The van der Waals surface area contributed by atoms with Crippen molar-refractivity contribution in [3.05, 3.63) is 59.7 Å². The number of carbonyl (C=O) groups excluding carboxylic acids is 1. The first-order valence-corrected chi connectivity index (χ1v) is 23.7. The third-order valence-electron chi connectivity index (χ3n) is 11.1. The lowest BCUT2D eigenvalue weighted by Crippen LogP contribution is -2.42. The summed E-state index contributed by atoms with van der Waals surface area (Å²) in [6, 6.07) is 11.6. The van der Waals surface area contributed by atoms with E-state index in [1.165, 1.54) is 153 Å². The van der Waals surface area contributed by atoms with Crippen molar-refractivity contribution in [3.63, 3.8) is 0 Å². The summed E-state index contributed by atoms with van der Waals surface area (Å²) in [5.41, 5.74) is 1.69. The Kier molecular flexibility index (Phi) is 33.9. The second-order valence-corrected chi connectivity index (χ2v) is 16.6. The molecular weight excluding hydrogens is 741 g/mol. The number of phenols is 2. The summed E-state index contributed by atoms with van der Waals surface area (Å²) in [6.07, 6.45) is 35.9. The maximum Gasteiger partial charge on any atom is 0.326 e. The molecule has 0 heterocycles. The average molecular weight is 825 g/mol. The van der Waals surface area contributed by atoms with Crippen molar-refractivity contribution in [2.75, 3.05) is 6.54 Å². The first kappa shape index (κ1) is 53.4. The van der Waals surface area contributed by atoms with E-state index in [4.69, 9.17) is 0 Å². The molecule has 0 saturated heterocycles. The number of rotatable bonds is 37. The summed E-state index contributed by atoms with van der Waals surface area (Å²) in [5, 5.41) is 43.2. The van der Waals surface area contributed by atoms with Crippen LogP contribution in [0.25, 0.3) is 0 Å². The molecule has 9 heteroatoms. The molecular formula is C50H84N2O7. The maximum atomic E-state index is 12.1. The van der Waals surface area contributed by atoms with E-state index in [-0.39, 0.29) is 23.8 Å². The van der Waals surface area contributed by atoms with Gasteiger partial charge in [-0.25, -0.2) is 4.79 Å². The van der Waals surface area contributed by atoms with Gasteiger partial charge < -0.3 is 31.1 Å². The van der Waals surface area contributed by atoms with E-state index in [0.29, 0.717) is 12.8 Å². The highest BCUT2D eigenvalue weighted by Crippen LogP contribution is 2.16. The van der Waals surface area contributed by atoms with Crippen LogP contribution in [-0.4, -0.2) is 56.9 Å². The molecule has 336 valence electrons. The smallest absolute Gasteiger partial charge is 0.326 e. The largest absolute Gasteiger partial charge is 0.508 e. The van der Waals surface area contributed by atoms with Crippen LogP contribution in [-0.2, 0) is 27.2 Å². The van der Waals surface area contributed by atoms with Crippen molar-refractivity contribution in [2.45, 2.75) is 219 Å². The molecule has 2 atom stereocenters. The van der Waals surface area contributed by atoms with Gasteiger partial charge in [-0.15, -0.1) is 0 Å². The fourth-order valence-corrected chi connectivity index (χ4v) is 7.35. The van der Waals surface area contributed by atoms with Crippen molar-refractivity contribution < 1.29 is 34.8 Å². The molecule has 9 nitrogen and oxygen atoms in total. The van der Waals surface area contributed by atoms with Gasteiger partial charge >= 0.3 is 11.9 Å². The molecule has 59 heavy (non-hydrogen) atoms. The number of aliphatic carboxylic acids is 2. The van der Waals surface area contributed by atoms with Gasteiger partial charge in [-0.1, -0.05) is 199 Å². The predicted molar refractivity (Wildman–Crippen MR) is 243 cm³/mol. The Labute approximate surface area is 358 Å². The predicted octanol–water partition coefficient (Wildman–Crippen LogP) is 12.4. The topological polar surface area (TPSA) is 156 Å². The van der Waals surface area contributed by atoms with E-state index in [2.05, 4.69) is 24.5 Å². The van der Waals surface area contributed by atoms with E-state index in [1.54, 1.807) is 36.4 Å². The molecule has 0 fully saturated rings. The molecule has 0 aliphatic rings. The van der Waals surface area contributed by atoms with E-state index in [0.717, 1.165) is 49.8 Å². The number of carbonyl (C=O) groups is 3. The molecule has 0 aliphatic carbocycles. The fourth-order valence-electron chi connectivity index (χ4n) is 7.35. The average Bonchev–Trinajstić information content (AvgIpc) is 3.22. The minimum Gasteiger partial charge on any atom is -0.508 e. The second kappa shape index (κ2) is 37.4. The van der Waals surface area contributed by atoms with Crippen molar-refractivity contribution in [3.8, 4) is 11.5 Å². The van der Waals surface area contributed by atoms with E-state index >= 15 is 0 Å². The zero-order chi connectivity index (χ0) is 43.2. The Morgan fingerprint density at radius 2 is 0.746 bits per heavy atom. The standard InChI is InChI=1S/C25H41NO4.C25H43NO3/c1-2-3-4-5-6-7-8-9-10-11-12-13-14-15-24(28)26-23(25(29)30)20-21-16-18-22(27)19-17-21;1-2-3-4-5-6-7-8-9-10-11-12-13-14-15-20-26-24(25(28)29)21-22-16-18-23(27)19-17-22/h16-19,23,27H,2-15,20H2,1H3,(H,26,28)(H,29,30);16-19,24,26-27H,2-15,20-21H2,1H3,(H,28,29)/t23-;24-/m00/s1. The fraction of sp³-hybridized carbons (Fsp3) is 0.700.